The minimum absolute atomic E-state index is 0.128. The van der Waals surface area contributed by atoms with E-state index in [0.29, 0.717) is 31.6 Å². The van der Waals surface area contributed by atoms with Crippen LogP contribution in [0.2, 0.25) is 0 Å². The Hall–Kier alpha value is -4.24. The van der Waals surface area contributed by atoms with Gasteiger partial charge in [0.25, 0.3) is 5.91 Å². The summed E-state index contributed by atoms with van der Waals surface area (Å²) in [6.07, 6.45) is 7.61. The summed E-state index contributed by atoms with van der Waals surface area (Å²) in [6, 6.07) is 15.9. The van der Waals surface area contributed by atoms with Gasteiger partial charge in [-0.3, -0.25) is 29.9 Å². The van der Waals surface area contributed by atoms with E-state index in [4.69, 9.17) is 24.9 Å². The minimum Gasteiger partial charge on any atom is -0.434 e. The number of unbranched alkanes of at least 4 members (excludes halogenated alkanes) is 3. The third-order valence-electron chi connectivity index (χ3n) is 8.22. The van der Waals surface area contributed by atoms with Gasteiger partial charge < -0.3 is 9.47 Å². The molecule has 1 saturated carbocycles. The maximum atomic E-state index is 13.5. The minimum atomic E-state index is -0.856. The molecule has 1 aromatic heterocycles. The Labute approximate surface area is 267 Å². The van der Waals surface area contributed by atoms with E-state index in [0.717, 1.165) is 73.0 Å². The Morgan fingerprint density at radius 2 is 1.70 bits per heavy atom. The first-order chi connectivity index (χ1) is 22.4. The lowest BCUT2D eigenvalue weighted by atomic mass is 9.97. The summed E-state index contributed by atoms with van der Waals surface area (Å²) in [6.45, 7) is 2.67. The maximum absolute atomic E-state index is 13.5. The molecule has 0 atom stereocenters. The van der Waals surface area contributed by atoms with Crippen molar-refractivity contribution in [3.8, 4) is 22.5 Å². The summed E-state index contributed by atoms with van der Waals surface area (Å²) in [5.41, 5.74) is 3.14. The van der Waals surface area contributed by atoms with Gasteiger partial charge in [-0.1, -0.05) is 74.7 Å². The van der Waals surface area contributed by atoms with Crippen LogP contribution in [0.5, 0.6) is 0 Å². The zero-order chi connectivity index (χ0) is 32.4. The Morgan fingerprint density at radius 1 is 0.957 bits per heavy atom. The second-order valence-electron chi connectivity index (χ2n) is 11.5. The van der Waals surface area contributed by atoms with E-state index < -0.39 is 11.7 Å². The van der Waals surface area contributed by atoms with Crippen molar-refractivity contribution in [3.05, 3.63) is 54.1 Å². The lowest BCUT2D eigenvalue weighted by Gasteiger charge is -2.23. The SMILES string of the molecule is CCCCC1=NC2(CCCC2)C(=O)N1Cc1ccc(-c2ccccc2-c2nnn(COC(=O)OCCCCCON(O)O)n2)cc1. The quantitative estimate of drug-likeness (QED) is 0.115. The molecule has 0 unspecified atom stereocenters. The number of nitrogens with zero attached hydrogens (tertiary/aromatic N) is 7. The van der Waals surface area contributed by atoms with Crippen LogP contribution in [-0.2, 0) is 32.4 Å². The number of aromatic nitrogens is 4. The molecular weight excluding hydrogens is 594 g/mol. The van der Waals surface area contributed by atoms with Crippen LogP contribution in [0.3, 0.4) is 0 Å². The van der Waals surface area contributed by atoms with Gasteiger partial charge in [-0.2, -0.15) is 0 Å². The predicted octanol–water partition coefficient (Wildman–Crippen LogP) is 5.54. The van der Waals surface area contributed by atoms with E-state index in [1.165, 1.54) is 4.80 Å². The van der Waals surface area contributed by atoms with Gasteiger partial charge in [-0.05, 0) is 60.4 Å². The summed E-state index contributed by atoms with van der Waals surface area (Å²) < 4.78 is 10.1. The van der Waals surface area contributed by atoms with Crippen molar-refractivity contribution in [2.24, 2.45) is 4.99 Å². The Balaban J connectivity index is 1.17. The molecule has 1 aliphatic heterocycles. The molecule has 2 heterocycles. The molecule has 0 radical (unpaired) electrons. The number of tetrazole rings is 1. The van der Waals surface area contributed by atoms with Crippen LogP contribution in [0.25, 0.3) is 22.5 Å². The average molecular weight is 636 g/mol. The van der Waals surface area contributed by atoms with Crippen molar-refractivity contribution >= 4 is 17.9 Å². The van der Waals surface area contributed by atoms with Gasteiger partial charge in [0.1, 0.15) is 11.4 Å². The zero-order valence-electron chi connectivity index (χ0n) is 26.1. The first kappa shape index (κ1) is 33.1. The predicted molar refractivity (Wildman–Crippen MR) is 165 cm³/mol. The number of rotatable bonds is 16. The highest BCUT2D eigenvalue weighted by atomic mass is 17.1. The molecule has 1 amide bonds. The second-order valence-corrected chi connectivity index (χ2v) is 11.5. The van der Waals surface area contributed by atoms with E-state index in [2.05, 4.69) is 27.2 Å². The molecule has 246 valence electrons. The van der Waals surface area contributed by atoms with Crippen LogP contribution in [-0.4, -0.2) is 77.6 Å². The van der Waals surface area contributed by atoms with Gasteiger partial charge in [-0.25, -0.2) is 4.79 Å². The number of hydrogen-bond acceptors (Lipinski definition) is 12. The second kappa shape index (κ2) is 15.9. The molecule has 1 aliphatic carbocycles. The van der Waals surface area contributed by atoms with Crippen LogP contribution < -0.4 is 0 Å². The number of aliphatic imine (C=N–C) groups is 1. The third kappa shape index (κ3) is 8.31. The van der Waals surface area contributed by atoms with Crippen LogP contribution in [0.1, 0.15) is 76.7 Å². The zero-order valence-corrected chi connectivity index (χ0v) is 26.1. The van der Waals surface area contributed by atoms with Crippen LogP contribution in [0, 0.1) is 0 Å². The lowest BCUT2D eigenvalue weighted by molar-refractivity contribution is -0.492. The molecule has 0 bridgehead atoms. The topological polar surface area (TPSA) is 165 Å². The van der Waals surface area contributed by atoms with Gasteiger partial charge in [-0.15, -0.1) is 15.0 Å². The molecule has 3 aromatic rings. The number of benzene rings is 2. The van der Waals surface area contributed by atoms with E-state index in [1.807, 2.05) is 53.4 Å². The van der Waals surface area contributed by atoms with Crippen molar-refractivity contribution in [1.82, 2.24) is 30.5 Å². The Bertz CT molecular complexity index is 1490. The third-order valence-corrected chi connectivity index (χ3v) is 8.22. The fraction of sp³-hybridized carbons (Fsp3) is 0.500. The molecule has 2 N–H and O–H groups in total. The normalized spacial score (nSPS) is 15.6. The molecule has 1 fully saturated rings. The molecule has 0 saturated heterocycles. The van der Waals surface area contributed by atoms with Gasteiger partial charge in [0, 0.05) is 12.0 Å². The molecule has 2 aliphatic rings. The molecule has 5 rings (SSSR count). The van der Waals surface area contributed by atoms with Crippen LogP contribution in [0.4, 0.5) is 4.79 Å². The number of ether oxygens (including phenoxy) is 2. The molecule has 46 heavy (non-hydrogen) atoms. The molecular formula is C32H41N7O7. The number of carbonyl (C=O) groups excluding carboxylic acids is 2. The highest BCUT2D eigenvalue weighted by Gasteiger charge is 2.49. The number of amidine groups is 1. The summed E-state index contributed by atoms with van der Waals surface area (Å²) in [7, 11) is 0. The standard InChI is InChI=1S/C32H41N7O7/c1-2-3-13-28-33-32(18-7-8-19-32)30(40)37(28)22-24-14-16-25(17-15-24)26-11-5-6-12-27(26)29-34-36-38(35-29)23-45-31(41)44-20-9-4-10-21-46-39(42)43/h5-6,11-12,14-17,42-43H,2-4,7-10,13,18-23H2,1H3. The lowest BCUT2D eigenvalue weighted by Crippen LogP contribution is -2.40. The molecule has 1 spiro atoms. The highest BCUT2D eigenvalue weighted by Crippen LogP contribution is 2.40. The van der Waals surface area contributed by atoms with Crippen molar-refractivity contribution in [2.45, 2.75) is 89.9 Å². The summed E-state index contributed by atoms with van der Waals surface area (Å²) in [5.74, 6) is 1.46. The average Bonchev–Trinajstić information content (AvgIpc) is 3.80. The number of amides is 1. The first-order valence-corrected chi connectivity index (χ1v) is 15.9. The monoisotopic (exact) mass is 635 g/mol. The Kier molecular flexibility index (Phi) is 11.4. The van der Waals surface area contributed by atoms with Gasteiger partial charge in [0.2, 0.25) is 12.6 Å². The van der Waals surface area contributed by atoms with Crippen molar-refractivity contribution in [1.29, 1.82) is 0 Å². The number of hydrogen-bond donors (Lipinski definition) is 2. The summed E-state index contributed by atoms with van der Waals surface area (Å²) in [4.78, 5) is 38.0. The molecule has 2 aromatic carbocycles. The van der Waals surface area contributed by atoms with Crippen LogP contribution in [0.15, 0.2) is 53.5 Å². The van der Waals surface area contributed by atoms with E-state index >= 15 is 0 Å². The molecule has 14 heteroatoms. The van der Waals surface area contributed by atoms with E-state index in [1.54, 1.807) is 0 Å². The van der Waals surface area contributed by atoms with Crippen molar-refractivity contribution < 1.29 is 34.3 Å². The van der Waals surface area contributed by atoms with Gasteiger partial charge in [0.15, 0.2) is 0 Å². The highest BCUT2D eigenvalue weighted by molar-refractivity contribution is 6.08. The van der Waals surface area contributed by atoms with Crippen LogP contribution >= 0.6 is 0 Å². The fourth-order valence-electron chi connectivity index (χ4n) is 5.84. The number of carbonyl (C=O) groups is 2. The largest absolute Gasteiger partial charge is 0.510 e. The van der Waals surface area contributed by atoms with Gasteiger partial charge in [0.05, 0.1) is 25.1 Å². The van der Waals surface area contributed by atoms with E-state index in [9.17, 15) is 9.59 Å². The first-order valence-electron chi connectivity index (χ1n) is 15.9. The van der Waals surface area contributed by atoms with Crippen molar-refractivity contribution in [3.63, 3.8) is 0 Å². The molecule has 14 nitrogen and oxygen atoms in total. The summed E-state index contributed by atoms with van der Waals surface area (Å²) in [5, 5.41) is 29.2. The fourth-order valence-corrected chi connectivity index (χ4v) is 5.84. The maximum Gasteiger partial charge on any atom is 0.510 e. The summed E-state index contributed by atoms with van der Waals surface area (Å²) >= 11 is 0. The van der Waals surface area contributed by atoms with Gasteiger partial charge >= 0.3 is 6.16 Å². The Morgan fingerprint density at radius 3 is 2.43 bits per heavy atom. The van der Waals surface area contributed by atoms with E-state index in [-0.39, 0.29) is 31.2 Å². The van der Waals surface area contributed by atoms with Crippen molar-refractivity contribution in [2.75, 3.05) is 13.2 Å². The smallest absolute Gasteiger partial charge is 0.434 e.